The molecule has 118 valence electrons. The van der Waals surface area contributed by atoms with Crippen molar-refractivity contribution in [2.75, 3.05) is 26.9 Å². The zero-order valence-corrected chi connectivity index (χ0v) is 13.2. The van der Waals surface area contributed by atoms with Gasteiger partial charge in [0.15, 0.2) is 0 Å². The van der Waals surface area contributed by atoms with Gasteiger partial charge in [-0.1, -0.05) is 41.9 Å². The molecule has 1 unspecified atom stereocenters. The van der Waals surface area contributed by atoms with Gasteiger partial charge in [0.2, 0.25) is 0 Å². The van der Waals surface area contributed by atoms with Crippen molar-refractivity contribution in [3.8, 4) is 11.5 Å². The molecule has 0 bridgehead atoms. The molecule has 2 aromatic rings. The van der Waals surface area contributed by atoms with Gasteiger partial charge in [0, 0.05) is 16.8 Å². The van der Waals surface area contributed by atoms with Gasteiger partial charge < -0.3 is 19.3 Å². The van der Waals surface area contributed by atoms with Crippen LogP contribution in [0.1, 0.15) is 0 Å². The van der Waals surface area contributed by atoms with Crippen molar-refractivity contribution in [1.82, 2.24) is 0 Å². The number of fused-ring (bicyclic) bond motifs is 1. The third-order valence-corrected chi connectivity index (χ3v) is 3.38. The van der Waals surface area contributed by atoms with Gasteiger partial charge in [-0.15, -0.1) is 6.58 Å². The zero-order chi connectivity index (χ0) is 15.9. The number of aliphatic hydroxyl groups excluding tert-OH is 1. The molecular formula is C17H19ClO4. The zero-order valence-electron chi connectivity index (χ0n) is 12.4. The molecule has 0 aliphatic rings. The fraction of sp³-hybridized carbons (Fsp3) is 0.294. The second-order valence-electron chi connectivity index (χ2n) is 4.73. The maximum atomic E-state index is 9.85. The molecule has 0 radical (unpaired) electrons. The lowest BCUT2D eigenvalue weighted by Crippen LogP contribution is -2.23. The van der Waals surface area contributed by atoms with E-state index in [1.807, 2.05) is 24.3 Å². The third-order valence-electron chi connectivity index (χ3n) is 3.10. The topological polar surface area (TPSA) is 47.9 Å². The van der Waals surface area contributed by atoms with Crippen molar-refractivity contribution in [3.63, 3.8) is 0 Å². The molecule has 0 heterocycles. The van der Waals surface area contributed by atoms with E-state index in [0.717, 1.165) is 10.8 Å². The van der Waals surface area contributed by atoms with E-state index in [9.17, 15) is 5.11 Å². The van der Waals surface area contributed by atoms with Gasteiger partial charge >= 0.3 is 0 Å². The molecule has 4 nitrogen and oxygen atoms in total. The molecule has 0 aliphatic carbocycles. The molecule has 0 amide bonds. The fourth-order valence-electron chi connectivity index (χ4n) is 2.11. The molecule has 1 N–H and O–H groups in total. The number of benzene rings is 2. The smallest absolute Gasteiger partial charge is 0.146 e. The SMILES string of the molecule is C=CCOCC(O)COc1c(Cl)cc(OC)c2ccccc12. The third kappa shape index (κ3) is 3.91. The minimum absolute atomic E-state index is 0.0905. The highest BCUT2D eigenvalue weighted by Gasteiger charge is 2.14. The molecule has 1 atom stereocenters. The van der Waals surface area contributed by atoms with Crippen LogP contribution in [0.15, 0.2) is 43.0 Å². The summed E-state index contributed by atoms with van der Waals surface area (Å²) < 4.78 is 16.2. The summed E-state index contributed by atoms with van der Waals surface area (Å²) in [7, 11) is 1.60. The summed E-state index contributed by atoms with van der Waals surface area (Å²) >= 11 is 6.27. The Morgan fingerprint density at radius 2 is 2.00 bits per heavy atom. The Labute approximate surface area is 134 Å². The van der Waals surface area contributed by atoms with Gasteiger partial charge in [0.25, 0.3) is 0 Å². The highest BCUT2D eigenvalue weighted by atomic mass is 35.5. The summed E-state index contributed by atoms with van der Waals surface area (Å²) in [6, 6.07) is 9.36. The molecule has 0 spiro atoms. The van der Waals surface area contributed by atoms with Crippen LogP contribution in [-0.2, 0) is 4.74 Å². The van der Waals surface area contributed by atoms with E-state index < -0.39 is 6.10 Å². The van der Waals surface area contributed by atoms with Gasteiger partial charge in [0.05, 0.1) is 25.3 Å². The van der Waals surface area contributed by atoms with E-state index in [1.54, 1.807) is 19.3 Å². The van der Waals surface area contributed by atoms with Crippen molar-refractivity contribution in [2.24, 2.45) is 0 Å². The van der Waals surface area contributed by atoms with Crippen molar-refractivity contribution < 1.29 is 19.3 Å². The van der Waals surface area contributed by atoms with E-state index in [0.29, 0.717) is 23.1 Å². The Bertz CT molecular complexity index is 642. The van der Waals surface area contributed by atoms with Crippen LogP contribution in [0, 0.1) is 0 Å². The van der Waals surface area contributed by atoms with Gasteiger partial charge in [-0.25, -0.2) is 0 Å². The largest absolute Gasteiger partial charge is 0.496 e. The van der Waals surface area contributed by atoms with E-state index in [-0.39, 0.29) is 13.2 Å². The van der Waals surface area contributed by atoms with Gasteiger partial charge in [-0.3, -0.25) is 0 Å². The summed E-state index contributed by atoms with van der Waals surface area (Å²) in [4.78, 5) is 0. The van der Waals surface area contributed by atoms with Crippen LogP contribution < -0.4 is 9.47 Å². The molecule has 0 saturated heterocycles. The minimum atomic E-state index is -0.739. The first kappa shape index (κ1) is 16.6. The maximum absolute atomic E-state index is 9.85. The van der Waals surface area contributed by atoms with Crippen molar-refractivity contribution >= 4 is 22.4 Å². The Hall–Kier alpha value is -1.75. The van der Waals surface area contributed by atoms with Crippen LogP contribution in [-0.4, -0.2) is 38.1 Å². The highest BCUT2D eigenvalue weighted by molar-refractivity contribution is 6.33. The Kier molecular flexibility index (Phi) is 6.07. The number of ether oxygens (including phenoxy) is 3. The lowest BCUT2D eigenvalue weighted by Gasteiger charge is -2.16. The number of hydrogen-bond donors (Lipinski definition) is 1. The predicted molar refractivity (Wildman–Crippen MR) is 88.0 cm³/mol. The van der Waals surface area contributed by atoms with Crippen LogP contribution >= 0.6 is 11.6 Å². The van der Waals surface area contributed by atoms with Crippen LogP contribution in [0.25, 0.3) is 10.8 Å². The first-order valence-corrected chi connectivity index (χ1v) is 7.30. The molecular weight excluding hydrogens is 304 g/mol. The fourth-order valence-corrected chi connectivity index (χ4v) is 2.37. The van der Waals surface area contributed by atoms with E-state index in [1.165, 1.54) is 0 Å². The van der Waals surface area contributed by atoms with Crippen LogP contribution in [0.5, 0.6) is 11.5 Å². The predicted octanol–water partition coefficient (Wildman–Crippen LogP) is 3.44. The number of halogens is 1. The Morgan fingerprint density at radius 1 is 1.27 bits per heavy atom. The van der Waals surface area contributed by atoms with E-state index >= 15 is 0 Å². The van der Waals surface area contributed by atoms with Gasteiger partial charge in [-0.2, -0.15) is 0 Å². The summed E-state index contributed by atoms with van der Waals surface area (Å²) in [6.45, 7) is 4.21. The second-order valence-corrected chi connectivity index (χ2v) is 5.13. The first-order valence-electron chi connectivity index (χ1n) is 6.92. The standard InChI is InChI=1S/C17H19ClO4/c1-3-8-21-10-12(19)11-22-17-14-7-5-4-6-13(14)16(20-2)9-15(17)18/h3-7,9,12,19H,1,8,10-11H2,2H3. The van der Waals surface area contributed by atoms with Gasteiger partial charge in [0.1, 0.15) is 24.2 Å². The molecule has 0 fully saturated rings. The van der Waals surface area contributed by atoms with Gasteiger partial charge in [-0.05, 0) is 0 Å². The number of rotatable bonds is 8. The maximum Gasteiger partial charge on any atom is 0.146 e. The molecule has 5 heteroatoms. The number of methoxy groups -OCH3 is 1. The lowest BCUT2D eigenvalue weighted by molar-refractivity contribution is 0.0217. The van der Waals surface area contributed by atoms with Crippen LogP contribution in [0.4, 0.5) is 0 Å². The van der Waals surface area contributed by atoms with Crippen LogP contribution in [0.3, 0.4) is 0 Å². The molecule has 0 saturated carbocycles. The summed E-state index contributed by atoms with van der Waals surface area (Å²) in [5, 5.41) is 12.0. The number of aliphatic hydroxyl groups is 1. The molecule has 0 aromatic heterocycles. The highest BCUT2D eigenvalue weighted by Crippen LogP contribution is 2.39. The average Bonchev–Trinajstić information content (AvgIpc) is 2.53. The molecule has 0 aliphatic heterocycles. The number of hydrogen-bond acceptors (Lipinski definition) is 4. The molecule has 2 aromatic carbocycles. The Morgan fingerprint density at radius 3 is 2.68 bits per heavy atom. The lowest BCUT2D eigenvalue weighted by atomic mass is 10.1. The quantitative estimate of drug-likeness (QED) is 0.597. The van der Waals surface area contributed by atoms with Crippen molar-refractivity contribution in [2.45, 2.75) is 6.10 Å². The summed E-state index contributed by atoms with van der Waals surface area (Å²) in [6.07, 6.45) is 0.887. The average molecular weight is 323 g/mol. The van der Waals surface area contributed by atoms with Crippen molar-refractivity contribution in [3.05, 3.63) is 48.0 Å². The van der Waals surface area contributed by atoms with E-state index in [2.05, 4.69) is 6.58 Å². The molecule has 22 heavy (non-hydrogen) atoms. The first-order chi connectivity index (χ1) is 10.7. The van der Waals surface area contributed by atoms with Crippen molar-refractivity contribution in [1.29, 1.82) is 0 Å². The summed E-state index contributed by atoms with van der Waals surface area (Å²) in [5.74, 6) is 1.21. The minimum Gasteiger partial charge on any atom is -0.496 e. The van der Waals surface area contributed by atoms with Crippen LogP contribution in [0.2, 0.25) is 5.02 Å². The second kappa shape index (κ2) is 8.03. The molecule has 2 rings (SSSR count). The summed E-state index contributed by atoms with van der Waals surface area (Å²) in [5.41, 5.74) is 0. The normalized spacial score (nSPS) is 12.1. The monoisotopic (exact) mass is 322 g/mol. The van der Waals surface area contributed by atoms with E-state index in [4.69, 9.17) is 25.8 Å². The Balaban J connectivity index is 2.17.